The van der Waals surface area contributed by atoms with Crippen molar-refractivity contribution in [3.63, 3.8) is 0 Å². The molecule has 6 atom stereocenters. The lowest BCUT2D eigenvalue weighted by Crippen LogP contribution is -2.38. The smallest absolute Gasteiger partial charge is 0.459 e. The predicted molar refractivity (Wildman–Crippen MR) is 125 cm³/mol. The van der Waals surface area contributed by atoms with E-state index in [1.807, 2.05) is 0 Å². The molecule has 2 heterocycles. The van der Waals surface area contributed by atoms with Gasteiger partial charge in [-0.25, -0.2) is 9.36 Å². The van der Waals surface area contributed by atoms with Gasteiger partial charge >= 0.3 is 19.7 Å². The molecule has 0 radical (unpaired) electrons. The van der Waals surface area contributed by atoms with Gasteiger partial charge in [-0.2, -0.15) is 5.09 Å². The Morgan fingerprint density at radius 3 is 2.47 bits per heavy atom. The van der Waals surface area contributed by atoms with Crippen molar-refractivity contribution in [3.8, 4) is 5.75 Å². The molecule has 12 nitrogen and oxygen atoms in total. The number of pyridine rings is 1. The number of carbonyl (C=O) groups is 2. The van der Waals surface area contributed by atoms with Crippen molar-refractivity contribution in [1.29, 1.82) is 0 Å². The molecule has 196 valence electrons. The van der Waals surface area contributed by atoms with Crippen LogP contribution in [0.2, 0.25) is 0 Å². The number of aliphatic hydroxyl groups is 2. The summed E-state index contributed by atoms with van der Waals surface area (Å²) in [6.07, 6.45) is -3.53. The molecular weight excluding hydrogens is 495 g/mol. The third kappa shape index (κ3) is 7.57. The SMILES string of the molecule is CC(C)OC(=O)[C@@H](C)NP(=O)(OC[C@H]1OC(OC(=O)c2cccnc2)[C@H](O)[C@@H]1O)Oc1ccccc1. The summed E-state index contributed by atoms with van der Waals surface area (Å²) in [4.78, 5) is 28.3. The Hall–Kier alpha value is -2.86. The standard InChI is InChI=1S/C23H29N2O10P/c1-14(2)32-21(28)15(3)25-36(30,35-17-9-5-4-6-10-17)31-13-18-19(26)20(27)23(33-18)34-22(29)16-8-7-11-24-12-16/h4-12,14-15,18-20,23,26-27H,13H2,1-3H3,(H,25,30)/t15-,18-,19-,20-,23?,36?/m1/s1. The number of hydrogen-bond acceptors (Lipinski definition) is 11. The fraction of sp³-hybridized carbons (Fsp3) is 0.435. The minimum Gasteiger partial charge on any atom is -0.462 e. The van der Waals surface area contributed by atoms with Gasteiger partial charge in [0, 0.05) is 12.4 Å². The van der Waals surface area contributed by atoms with E-state index in [1.54, 1.807) is 32.0 Å². The van der Waals surface area contributed by atoms with Gasteiger partial charge in [0.05, 0.1) is 18.3 Å². The highest BCUT2D eigenvalue weighted by atomic mass is 31.2. The Morgan fingerprint density at radius 1 is 1.11 bits per heavy atom. The molecular formula is C23H29N2O10P. The quantitative estimate of drug-likeness (QED) is 0.289. The van der Waals surface area contributed by atoms with Crippen LogP contribution in [0, 0.1) is 0 Å². The fourth-order valence-electron chi connectivity index (χ4n) is 3.11. The lowest BCUT2D eigenvalue weighted by Gasteiger charge is -2.25. The van der Waals surface area contributed by atoms with E-state index in [1.165, 1.54) is 43.6 Å². The number of nitrogens with zero attached hydrogens (tertiary/aromatic N) is 1. The molecule has 2 aromatic rings. The highest BCUT2D eigenvalue weighted by Crippen LogP contribution is 2.45. The zero-order valence-electron chi connectivity index (χ0n) is 19.9. The number of rotatable bonds is 11. The van der Waals surface area contributed by atoms with E-state index in [2.05, 4.69) is 10.1 Å². The van der Waals surface area contributed by atoms with Crippen molar-refractivity contribution >= 4 is 19.7 Å². The van der Waals surface area contributed by atoms with E-state index < -0.39 is 63.0 Å². The van der Waals surface area contributed by atoms with E-state index in [9.17, 15) is 24.4 Å². The van der Waals surface area contributed by atoms with Gasteiger partial charge in [0.1, 0.15) is 30.1 Å². The molecule has 0 spiro atoms. The maximum Gasteiger partial charge on any atom is 0.459 e. The molecule has 36 heavy (non-hydrogen) atoms. The molecule has 13 heteroatoms. The zero-order chi connectivity index (χ0) is 26.3. The second-order valence-electron chi connectivity index (χ2n) is 8.21. The van der Waals surface area contributed by atoms with Gasteiger partial charge in [-0.05, 0) is 45.0 Å². The molecule has 3 rings (SSSR count). The summed E-state index contributed by atoms with van der Waals surface area (Å²) in [7, 11) is -4.23. The Morgan fingerprint density at radius 2 is 1.83 bits per heavy atom. The Labute approximate surface area is 208 Å². The molecule has 1 saturated heterocycles. The van der Waals surface area contributed by atoms with E-state index in [4.69, 9.17) is 23.3 Å². The van der Waals surface area contributed by atoms with Crippen LogP contribution in [0.15, 0.2) is 54.9 Å². The van der Waals surface area contributed by atoms with Gasteiger partial charge in [-0.15, -0.1) is 0 Å². The Bertz CT molecular complexity index is 1060. The summed E-state index contributed by atoms with van der Waals surface area (Å²) >= 11 is 0. The fourth-order valence-corrected chi connectivity index (χ4v) is 4.61. The monoisotopic (exact) mass is 524 g/mol. The van der Waals surface area contributed by atoms with Crippen molar-refractivity contribution in [3.05, 3.63) is 60.4 Å². The zero-order valence-corrected chi connectivity index (χ0v) is 20.8. The molecule has 0 saturated carbocycles. The van der Waals surface area contributed by atoms with E-state index in [0.29, 0.717) is 0 Å². The molecule has 1 aliphatic heterocycles. The first-order valence-electron chi connectivity index (χ1n) is 11.2. The highest BCUT2D eigenvalue weighted by molar-refractivity contribution is 7.52. The van der Waals surface area contributed by atoms with E-state index in [-0.39, 0.29) is 11.3 Å². The largest absolute Gasteiger partial charge is 0.462 e. The number of para-hydroxylation sites is 1. The second kappa shape index (κ2) is 12.4. The third-order valence-electron chi connectivity index (χ3n) is 4.87. The number of carbonyl (C=O) groups excluding carboxylic acids is 2. The summed E-state index contributed by atoms with van der Waals surface area (Å²) < 4.78 is 40.2. The van der Waals surface area contributed by atoms with Crippen LogP contribution < -0.4 is 9.61 Å². The maximum absolute atomic E-state index is 13.5. The maximum atomic E-state index is 13.5. The molecule has 2 unspecified atom stereocenters. The Balaban J connectivity index is 1.67. The Kier molecular flexibility index (Phi) is 9.55. The topological polar surface area (TPSA) is 163 Å². The number of aromatic nitrogens is 1. The van der Waals surface area contributed by atoms with Crippen LogP contribution >= 0.6 is 7.75 Å². The van der Waals surface area contributed by atoms with Gasteiger partial charge in [0.25, 0.3) is 0 Å². The van der Waals surface area contributed by atoms with Crippen LogP contribution in [-0.4, -0.2) is 70.5 Å². The first kappa shape index (κ1) is 27.7. The number of benzene rings is 1. The average Bonchev–Trinajstić information content (AvgIpc) is 3.11. The summed E-state index contributed by atoms with van der Waals surface area (Å²) in [6, 6.07) is 10.0. The third-order valence-corrected chi connectivity index (χ3v) is 6.52. The van der Waals surface area contributed by atoms with Crippen LogP contribution in [0.5, 0.6) is 5.75 Å². The summed E-state index contributed by atoms with van der Waals surface area (Å²) in [5.41, 5.74) is 0.120. The van der Waals surface area contributed by atoms with Gasteiger partial charge in [-0.1, -0.05) is 18.2 Å². The van der Waals surface area contributed by atoms with Crippen molar-refractivity contribution in [2.75, 3.05) is 6.61 Å². The first-order valence-corrected chi connectivity index (χ1v) is 12.7. The molecule has 0 bridgehead atoms. The highest BCUT2D eigenvalue weighted by Gasteiger charge is 2.46. The minimum absolute atomic E-state index is 0.120. The van der Waals surface area contributed by atoms with E-state index in [0.717, 1.165) is 0 Å². The van der Waals surface area contributed by atoms with Crippen LogP contribution in [-0.2, 0) is 28.1 Å². The summed E-state index contributed by atoms with van der Waals surface area (Å²) in [5, 5.41) is 23.2. The number of aliphatic hydroxyl groups excluding tert-OH is 2. The van der Waals surface area contributed by atoms with Crippen molar-refractivity contribution in [2.45, 2.75) is 57.5 Å². The van der Waals surface area contributed by atoms with Gasteiger partial charge in [0.2, 0.25) is 6.29 Å². The molecule has 1 aromatic carbocycles. The molecule has 0 amide bonds. The lowest BCUT2D eigenvalue weighted by atomic mass is 10.1. The number of nitrogens with one attached hydrogen (secondary N) is 1. The van der Waals surface area contributed by atoms with Crippen LogP contribution in [0.25, 0.3) is 0 Å². The van der Waals surface area contributed by atoms with Crippen LogP contribution in [0.3, 0.4) is 0 Å². The lowest BCUT2D eigenvalue weighted by molar-refractivity contribution is -0.149. The van der Waals surface area contributed by atoms with Gasteiger partial charge in [0.15, 0.2) is 0 Å². The van der Waals surface area contributed by atoms with Gasteiger partial charge in [-0.3, -0.25) is 14.3 Å². The van der Waals surface area contributed by atoms with Crippen LogP contribution in [0.1, 0.15) is 31.1 Å². The minimum atomic E-state index is -4.23. The van der Waals surface area contributed by atoms with Crippen molar-refractivity contribution in [2.24, 2.45) is 0 Å². The number of esters is 2. The van der Waals surface area contributed by atoms with Gasteiger partial charge < -0.3 is 28.9 Å². The first-order chi connectivity index (χ1) is 17.1. The number of hydrogen-bond donors (Lipinski definition) is 3. The van der Waals surface area contributed by atoms with Crippen LogP contribution in [0.4, 0.5) is 0 Å². The molecule has 1 aliphatic rings. The second-order valence-corrected chi connectivity index (χ2v) is 9.90. The molecule has 3 N–H and O–H groups in total. The van der Waals surface area contributed by atoms with E-state index >= 15 is 0 Å². The predicted octanol–water partition coefficient (Wildman–Crippen LogP) is 1.82. The summed E-state index contributed by atoms with van der Waals surface area (Å²) in [6.45, 7) is 4.22. The number of ether oxygens (including phenoxy) is 3. The average molecular weight is 524 g/mol. The molecule has 0 aliphatic carbocycles. The molecule has 1 fully saturated rings. The van der Waals surface area contributed by atoms with Crippen molar-refractivity contribution in [1.82, 2.24) is 10.1 Å². The molecule has 1 aromatic heterocycles. The normalized spacial score (nSPS) is 24.1. The summed E-state index contributed by atoms with van der Waals surface area (Å²) in [5.74, 6) is -1.31. The van der Waals surface area contributed by atoms with Crippen molar-refractivity contribution < 1.29 is 47.6 Å².